The molecule has 3 unspecified atom stereocenters. The molecule has 0 heterocycles. The predicted octanol–water partition coefficient (Wildman–Crippen LogP) is 16.1. The molecule has 0 aromatic rings. The fraction of sp³-hybridized carbons (Fsp3) is 0.583. The van der Waals surface area contributed by atoms with E-state index in [1.807, 2.05) is 21.1 Å². The molecule has 390 valence electrons. The quantitative estimate of drug-likeness (QED) is 0.0243. The molecule has 0 spiro atoms. The summed E-state index contributed by atoms with van der Waals surface area (Å²) in [6.45, 7) is 4.65. The van der Waals surface area contributed by atoms with E-state index in [1.54, 1.807) is 0 Å². The second kappa shape index (κ2) is 49.4. The topological polar surface area (TPSA) is 105 Å². The molecule has 69 heavy (non-hydrogen) atoms. The molecule has 0 bridgehead atoms. The van der Waals surface area contributed by atoms with Crippen molar-refractivity contribution in [2.24, 2.45) is 0 Å². The van der Waals surface area contributed by atoms with E-state index in [2.05, 4.69) is 165 Å². The van der Waals surface area contributed by atoms with E-state index in [-0.39, 0.29) is 19.1 Å². The van der Waals surface area contributed by atoms with Crippen molar-refractivity contribution in [3.63, 3.8) is 0 Å². The number of phosphoric acid groups is 1. The largest absolute Gasteiger partial charge is 0.472 e. The third-order valence-electron chi connectivity index (χ3n) is 10.9. The highest BCUT2D eigenvalue weighted by Crippen LogP contribution is 2.43. The van der Waals surface area contributed by atoms with Crippen LogP contribution in [-0.4, -0.2) is 73.4 Å². The van der Waals surface area contributed by atoms with Gasteiger partial charge in [-0.05, 0) is 103 Å². The van der Waals surface area contributed by atoms with Crippen LogP contribution in [0.15, 0.2) is 146 Å². The Balaban J connectivity index is 4.05. The number of hydrogen-bond acceptors (Lipinski definition) is 5. The van der Waals surface area contributed by atoms with Crippen LogP contribution in [0.4, 0.5) is 0 Å². The van der Waals surface area contributed by atoms with Gasteiger partial charge in [-0.2, -0.15) is 0 Å². The van der Waals surface area contributed by atoms with E-state index in [0.29, 0.717) is 23.9 Å². The molecule has 0 saturated carbocycles. The fourth-order valence-corrected chi connectivity index (χ4v) is 7.41. The van der Waals surface area contributed by atoms with Gasteiger partial charge in [0.15, 0.2) is 0 Å². The van der Waals surface area contributed by atoms with Crippen LogP contribution >= 0.6 is 7.82 Å². The number of rotatable bonds is 46. The highest BCUT2D eigenvalue weighted by Gasteiger charge is 2.28. The van der Waals surface area contributed by atoms with Crippen molar-refractivity contribution in [1.82, 2.24) is 5.32 Å². The van der Waals surface area contributed by atoms with Crippen molar-refractivity contribution >= 4 is 13.7 Å². The van der Waals surface area contributed by atoms with Crippen LogP contribution in [-0.2, 0) is 18.4 Å². The lowest BCUT2D eigenvalue weighted by Gasteiger charge is -2.26. The zero-order chi connectivity index (χ0) is 50.6. The summed E-state index contributed by atoms with van der Waals surface area (Å²) < 4.78 is 23.5. The molecule has 0 aliphatic rings. The average Bonchev–Trinajstić information content (AvgIpc) is 3.31. The van der Waals surface area contributed by atoms with Gasteiger partial charge in [-0.25, -0.2) is 4.57 Å². The summed E-state index contributed by atoms with van der Waals surface area (Å²) in [6, 6.07) is -0.781. The van der Waals surface area contributed by atoms with Crippen LogP contribution in [0.1, 0.15) is 174 Å². The van der Waals surface area contributed by atoms with Gasteiger partial charge in [0.1, 0.15) is 13.2 Å². The smallest absolute Gasteiger partial charge is 0.391 e. The Morgan fingerprint density at radius 3 is 1.28 bits per heavy atom. The lowest BCUT2D eigenvalue weighted by molar-refractivity contribution is -0.870. The molecular formula is C60H100N2O6P+. The first-order chi connectivity index (χ1) is 33.5. The lowest BCUT2D eigenvalue weighted by atomic mass is 10.0. The average molecular weight is 976 g/mol. The molecule has 0 aromatic carbocycles. The van der Waals surface area contributed by atoms with Crippen molar-refractivity contribution in [3.05, 3.63) is 146 Å². The molecule has 8 nitrogen and oxygen atoms in total. The van der Waals surface area contributed by atoms with E-state index in [1.165, 1.54) is 19.3 Å². The zero-order valence-electron chi connectivity index (χ0n) is 44.2. The molecule has 0 aliphatic heterocycles. The van der Waals surface area contributed by atoms with Gasteiger partial charge in [-0.15, -0.1) is 0 Å². The fourth-order valence-electron chi connectivity index (χ4n) is 6.67. The van der Waals surface area contributed by atoms with E-state index in [9.17, 15) is 19.4 Å². The molecule has 1 amide bonds. The third kappa shape index (κ3) is 52.0. The van der Waals surface area contributed by atoms with Gasteiger partial charge >= 0.3 is 7.82 Å². The summed E-state index contributed by atoms with van der Waals surface area (Å²) in [6.07, 6.45) is 76.6. The minimum Gasteiger partial charge on any atom is -0.391 e. The predicted molar refractivity (Wildman–Crippen MR) is 299 cm³/mol. The van der Waals surface area contributed by atoms with Crippen molar-refractivity contribution in [2.45, 2.75) is 187 Å². The Bertz CT molecular complexity index is 1620. The van der Waals surface area contributed by atoms with E-state index in [0.717, 1.165) is 128 Å². The Kier molecular flexibility index (Phi) is 46.8. The van der Waals surface area contributed by atoms with Crippen LogP contribution in [0.25, 0.3) is 0 Å². The van der Waals surface area contributed by atoms with E-state index >= 15 is 0 Å². The minimum absolute atomic E-state index is 0.0607. The first-order valence-corrected chi connectivity index (χ1v) is 28.2. The van der Waals surface area contributed by atoms with Crippen molar-refractivity contribution in [1.29, 1.82) is 0 Å². The zero-order valence-corrected chi connectivity index (χ0v) is 45.1. The minimum atomic E-state index is -4.32. The summed E-state index contributed by atoms with van der Waals surface area (Å²) >= 11 is 0. The van der Waals surface area contributed by atoms with Gasteiger partial charge < -0.3 is 19.8 Å². The lowest BCUT2D eigenvalue weighted by Crippen LogP contribution is -2.46. The molecular weight excluding hydrogens is 876 g/mol. The van der Waals surface area contributed by atoms with Crippen LogP contribution in [0.3, 0.4) is 0 Å². The standard InChI is InChI=1S/C60H99N2O6P/c1-6-8-10-12-14-15-16-17-18-19-20-21-22-23-24-25-26-27-28-29-30-31-32-33-34-35-36-37-38-39-40-41-42-43-44-45-46-47-48-50-52-54-60(64)61-58(59(63)53-51-49-13-11-9-7-2)57-68-69(65,66)67-56-55-62(3,4)5/h8,10,14-15,17-18,20-21,23-24,26-27,29-30,32-33,35-36,38-39,41-42,44-45,58-59,63H,6-7,9,11-13,16,19,22,25,28,31,34,37,40,43,46-57H2,1-5H3,(H-,61,64,65,66)/p+1/b10-8-,15-14-,18-17-,21-20-,24-23-,27-26-,30-29-,33-32-,36-35-,39-38-,42-41-,45-44-. The van der Waals surface area contributed by atoms with Crippen molar-refractivity contribution in [2.75, 3.05) is 40.9 Å². The molecule has 3 N–H and O–H groups in total. The van der Waals surface area contributed by atoms with E-state index in [4.69, 9.17) is 9.05 Å². The Morgan fingerprint density at radius 1 is 0.507 bits per heavy atom. The highest BCUT2D eigenvalue weighted by molar-refractivity contribution is 7.47. The molecule has 0 fully saturated rings. The molecule has 0 aromatic heterocycles. The number of aliphatic hydroxyl groups is 1. The summed E-state index contributed by atoms with van der Waals surface area (Å²) in [5, 5.41) is 13.8. The van der Waals surface area contributed by atoms with Crippen molar-refractivity contribution < 1.29 is 32.9 Å². The number of likely N-dealkylation sites (N-methyl/N-ethyl adjacent to an activating group) is 1. The molecule has 0 saturated heterocycles. The normalized spacial score (nSPS) is 15.2. The number of nitrogens with one attached hydrogen (secondary N) is 1. The molecule has 0 radical (unpaired) electrons. The number of aliphatic hydroxyl groups excluding tert-OH is 1. The van der Waals surface area contributed by atoms with Crippen LogP contribution in [0, 0.1) is 0 Å². The third-order valence-corrected chi connectivity index (χ3v) is 11.8. The summed E-state index contributed by atoms with van der Waals surface area (Å²) in [4.78, 5) is 23.0. The van der Waals surface area contributed by atoms with Crippen LogP contribution in [0.5, 0.6) is 0 Å². The summed E-state index contributed by atoms with van der Waals surface area (Å²) in [5.74, 6) is -0.182. The second-order valence-corrected chi connectivity index (χ2v) is 20.0. The molecule has 9 heteroatoms. The van der Waals surface area contributed by atoms with E-state index < -0.39 is 20.0 Å². The first kappa shape index (κ1) is 65.4. The Hall–Kier alpha value is -3.62. The van der Waals surface area contributed by atoms with Gasteiger partial charge in [0, 0.05) is 6.42 Å². The maximum atomic E-state index is 12.8. The van der Waals surface area contributed by atoms with Gasteiger partial charge in [0.05, 0.1) is 39.9 Å². The summed E-state index contributed by atoms with van der Waals surface area (Å²) in [7, 11) is 1.57. The molecule has 0 aliphatic carbocycles. The number of carbonyl (C=O) groups excluding carboxylic acids is 1. The second-order valence-electron chi connectivity index (χ2n) is 18.5. The number of allylic oxidation sites excluding steroid dienone is 24. The molecule has 0 rings (SSSR count). The number of quaternary nitrogens is 1. The number of unbranched alkanes of at least 4 members (excludes halogenated alkanes) is 9. The summed E-state index contributed by atoms with van der Waals surface area (Å²) in [5.41, 5.74) is 0. The van der Waals surface area contributed by atoms with Gasteiger partial charge in [0.25, 0.3) is 0 Å². The van der Waals surface area contributed by atoms with Gasteiger partial charge in [0.2, 0.25) is 5.91 Å². The first-order valence-electron chi connectivity index (χ1n) is 26.7. The SMILES string of the molecule is CC/C=C\C/C=C\C/C=C\C/C=C\C/C=C\C/C=C\C/C=C\C/C=C\C/C=C\C/C=C\C/C=C\C/C=C\CCCCCCC(=O)NC(COP(=O)(O)OCC[N+](C)(C)C)C(O)CCCCCCCC. The monoisotopic (exact) mass is 976 g/mol. The van der Waals surface area contributed by atoms with Gasteiger partial charge in [-0.3, -0.25) is 13.8 Å². The number of amides is 1. The number of nitrogens with zero attached hydrogens (tertiary/aromatic N) is 1. The van der Waals surface area contributed by atoms with Crippen molar-refractivity contribution in [3.8, 4) is 0 Å². The Labute approximate surface area is 423 Å². The van der Waals surface area contributed by atoms with Crippen LogP contribution in [0.2, 0.25) is 0 Å². The van der Waals surface area contributed by atoms with Crippen LogP contribution < -0.4 is 5.32 Å². The molecule has 3 atom stereocenters. The number of carbonyl (C=O) groups is 1. The Morgan fingerprint density at radius 2 is 0.870 bits per heavy atom. The maximum absolute atomic E-state index is 12.8. The highest BCUT2D eigenvalue weighted by atomic mass is 31.2. The number of hydrogen-bond donors (Lipinski definition) is 3. The maximum Gasteiger partial charge on any atom is 0.472 e. The number of phosphoric ester groups is 1. The van der Waals surface area contributed by atoms with Gasteiger partial charge in [-0.1, -0.05) is 211 Å².